The third-order valence-corrected chi connectivity index (χ3v) is 7.55. The molecule has 0 aliphatic carbocycles. The highest BCUT2D eigenvalue weighted by Gasteiger charge is 2.38. The lowest BCUT2D eigenvalue weighted by atomic mass is 10.1. The van der Waals surface area contributed by atoms with Crippen LogP contribution in [0.3, 0.4) is 0 Å². The Bertz CT molecular complexity index is 1990. The highest BCUT2D eigenvalue weighted by molar-refractivity contribution is 5.99. The van der Waals surface area contributed by atoms with Crippen molar-refractivity contribution in [2.75, 3.05) is 9.80 Å². The number of hydrogen-bond acceptors (Lipinski definition) is 8. The van der Waals surface area contributed by atoms with Crippen molar-refractivity contribution in [1.29, 1.82) is 0 Å². The van der Waals surface area contributed by atoms with Crippen LogP contribution in [0, 0.1) is 27.7 Å². The Morgan fingerprint density at radius 2 is 1.21 bits per heavy atom. The average Bonchev–Trinajstić information content (AvgIpc) is 3.27. The van der Waals surface area contributed by atoms with E-state index in [-0.39, 0.29) is 5.69 Å². The summed E-state index contributed by atoms with van der Waals surface area (Å²) in [6.45, 7) is 8.41. The topological polar surface area (TPSA) is 99.8 Å². The fourth-order valence-electron chi connectivity index (χ4n) is 5.66. The molecule has 9 nitrogen and oxygen atoms in total. The third kappa shape index (κ3) is 3.97. The number of carbonyl (C=O) groups excluding carboxylic acids is 1. The Kier molecular flexibility index (Phi) is 5.93. The lowest BCUT2D eigenvalue weighted by Crippen LogP contribution is -2.36. The highest BCUT2D eigenvalue weighted by Crippen LogP contribution is 2.50. The van der Waals surface area contributed by atoms with E-state index in [1.165, 1.54) is 12.7 Å². The number of aromatic nitrogens is 4. The van der Waals surface area contributed by atoms with E-state index < -0.39 is 5.91 Å². The summed E-state index contributed by atoms with van der Waals surface area (Å²) in [6.07, 6.45) is 6.46. The van der Waals surface area contributed by atoms with E-state index >= 15 is 0 Å². The van der Waals surface area contributed by atoms with Gasteiger partial charge in [-0.15, -0.1) is 0 Å². The summed E-state index contributed by atoms with van der Waals surface area (Å²) in [5.74, 6) is 1.83. The zero-order valence-corrected chi connectivity index (χ0v) is 23.6. The Morgan fingerprint density at radius 3 is 1.76 bits per heavy atom. The highest BCUT2D eigenvalue weighted by atomic mass is 16.1. The van der Waals surface area contributed by atoms with Crippen molar-refractivity contribution in [2.45, 2.75) is 27.7 Å². The molecule has 0 saturated carbocycles. The standard InChI is InChI=1S/C33H26N8O/c1-19-9-7-10-20(2)29(19)40-26(16-15-25-27-28(36-17-34-25)33(42)37-18-35-27)41(30-21(3)11-8-12-22(30)4)32-31(40)38-23-13-5-6-14-24(23)39-32/h5-18H,1-4H3/b25-15+. The van der Waals surface area contributed by atoms with E-state index in [0.29, 0.717) is 10.7 Å². The number of aryl methyl sites for hydroxylation is 4. The minimum Gasteiger partial charge on any atom is -0.276 e. The number of aliphatic imine (C=N–C) groups is 1. The van der Waals surface area contributed by atoms with E-state index in [0.717, 1.165) is 62.1 Å². The maximum atomic E-state index is 12.4. The number of amides is 1. The van der Waals surface area contributed by atoms with Gasteiger partial charge in [-0.3, -0.25) is 14.6 Å². The van der Waals surface area contributed by atoms with Crippen molar-refractivity contribution in [2.24, 2.45) is 9.98 Å². The second kappa shape index (κ2) is 9.81. The molecule has 0 saturated heterocycles. The molecular weight excluding hydrogens is 524 g/mol. The Morgan fingerprint density at radius 1 is 0.667 bits per heavy atom. The largest absolute Gasteiger partial charge is 0.299 e. The first-order chi connectivity index (χ1) is 20.4. The smallest absolute Gasteiger partial charge is 0.276 e. The van der Waals surface area contributed by atoms with Gasteiger partial charge in [0.1, 0.15) is 23.8 Å². The Hall–Kier alpha value is -5.57. The quantitative estimate of drug-likeness (QED) is 0.309. The van der Waals surface area contributed by atoms with Crippen LogP contribution in [0.15, 0.2) is 88.9 Å². The molecule has 2 aliphatic rings. The minimum absolute atomic E-state index is 0.180. The van der Waals surface area contributed by atoms with Gasteiger partial charge in [0, 0.05) is 0 Å². The number of allylic oxidation sites excluding steroid dienone is 1. The van der Waals surface area contributed by atoms with Crippen LogP contribution in [0.25, 0.3) is 17.1 Å². The molecule has 2 aliphatic heterocycles. The lowest BCUT2D eigenvalue weighted by molar-refractivity contribution is 0.0995. The van der Waals surface area contributed by atoms with Crippen LogP contribution >= 0.6 is 0 Å². The molecule has 42 heavy (non-hydrogen) atoms. The number of para-hydroxylation sites is 4. The van der Waals surface area contributed by atoms with E-state index in [4.69, 9.17) is 9.97 Å². The number of carbonyl (C=O) groups is 1. The minimum atomic E-state index is -0.438. The molecule has 5 aromatic rings. The van der Waals surface area contributed by atoms with E-state index in [9.17, 15) is 4.79 Å². The molecule has 7 rings (SSSR count). The third-order valence-electron chi connectivity index (χ3n) is 7.55. The molecule has 2 aromatic heterocycles. The summed E-state index contributed by atoms with van der Waals surface area (Å²) >= 11 is 0. The van der Waals surface area contributed by atoms with Gasteiger partial charge in [0.05, 0.1) is 27.8 Å². The van der Waals surface area contributed by atoms with Crippen LogP contribution in [0.2, 0.25) is 0 Å². The number of fused-ring (bicyclic) bond motifs is 3. The fraction of sp³-hybridized carbons (Fsp3) is 0.121. The van der Waals surface area contributed by atoms with Crippen molar-refractivity contribution in [3.63, 3.8) is 0 Å². The van der Waals surface area contributed by atoms with Crippen molar-refractivity contribution in [1.82, 2.24) is 19.9 Å². The predicted molar refractivity (Wildman–Crippen MR) is 164 cm³/mol. The maximum absolute atomic E-state index is 12.4. The SMILES string of the molecule is Cc1cccc(C)c1N1C(=C/C=c2/ncnc3c2=NC=NC3=O)N(c2c(C)cccc2C)c2nc3ccccc3nc21. The molecule has 3 aromatic carbocycles. The fourth-order valence-corrected chi connectivity index (χ4v) is 5.66. The second-order valence-corrected chi connectivity index (χ2v) is 10.3. The Balaban J connectivity index is 1.59. The van der Waals surface area contributed by atoms with Crippen LogP contribution < -0.4 is 20.5 Å². The van der Waals surface area contributed by atoms with E-state index in [2.05, 4.69) is 93.8 Å². The molecule has 9 heteroatoms. The van der Waals surface area contributed by atoms with Gasteiger partial charge >= 0.3 is 0 Å². The average molecular weight is 551 g/mol. The molecule has 0 radical (unpaired) electrons. The van der Waals surface area contributed by atoms with Crippen LogP contribution in [0.5, 0.6) is 0 Å². The predicted octanol–water partition coefficient (Wildman–Crippen LogP) is 5.07. The lowest BCUT2D eigenvalue weighted by Gasteiger charge is -2.28. The molecule has 0 N–H and O–H groups in total. The maximum Gasteiger partial charge on any atom is 0.299 e. The molecule has 4 heterocycles. The first-order valence-corrected chi connectivity index (χ1v) is 13.6. The summed E-state index contributed by atoms with van der Waals surface area (Å²) in [6, 6.07) is 20.4. The molecule has 0 bridgehead atoms. The van der Waals surface area contributed by atoms with Crippen molar-refractivity contribution >= 4 is 52.4 Å². The van der Waals surface area contributed by atoms with Gasteiger partial charge in [-0.25, -0.2) is 24.9 Å². The number of benzene rings is 3. The molecule has 0 atom stereocenters. The van der Waals surface area contributed by atoms with Gasteiger partial charge in [0.2, 0.25) is 0 Å². The van der Waals surface area contributed by atoms with Gasteiger partial charge in [-0.2, -0.15) is 4.99 Å². The number of nitrogens with zero attached hydrogens (tertiary/aromatic N) is 8. The van der Waals surface area contributed by atoms with Crippen molar-refractivity contribution in [3.05, 3.63) is 118 Å². The molecule has 0 fully saturated rings. The van der Waals surface area contributed by atoms with Crippen molar-refractivity contribution < 1.29 is 4.79 Å². The van der Waals surface area contributed by atoms with Crippen LogP contribution in [0.4, 0.5) is 23.0 Å². The van der Waals surface area contributed by atoms with Gasteiger partial charge in [0.25, 0.3) is 5.91 Å². The zero-order valence-electron chi connectivity index (χ0n) is 23.6. The summed E-state index contributed by atoms with van der Waals surface area (Å²) in [7, 11) is 0. The summed E-state index contributed by atoms with van der Waals surface area (Å²) < 4.78 is 0. The molecular formula is C33H26N8O. The van der Waals surface area contributed by atoms with Crippen molar-refractivity contribution in [3.8, 4) is 0 Å². The number of hydrogen-bond donors (Lipinski definition) is 0. The zero-order chi connectivity index (χ0) is 29.0. The first kappa shape index (κ1) is 25.4. The van der Waals surface area contributed by atoms with Crippen LogP contribution in [-0.2, 0) is 0 Å². The van der Waals surface area contributed by atoms with Gasteiger partial charge < -0.3 is 0 Å². The molecule has 1 amide bonds. The Labute approximate surface area is 242 Å². The summed E-state index contributed by atoms with van der Waals surface area (Å²) in [4.78, 5) is 43.7. The second-order valence-electron chi connectivity index (χ2n) is 10.3. The normalized spacial score (nSPS) is 14.3. The number of anilines is 4. The van der Waals surface area contributed by atoms with E-state index in [1.807, 2.05) is 36.4 Å². The van der Waals surface area contributed by atoms with Crippen LogP contribution in [-0.4, -0.2) is 32.2 Å². The van der Waals surface area contributed by atoms with E-state index in [1.54, 1.807) is 0 Å². The van der Waals surface area contributed by atoms with Crippen LogP contribution in [0.1, 0.15) is 32.7 Å². The molecule has 0 unspecified atom stereocenters. The molecule has 0 spiro atoms. The molecule has 204 valence electrons. The summed E-state index contributed by atoms with van der Waals surface area (Å²) in [5, 5.41) is 0.904. The van der Waals surface area contributed by atoms with Gasteiger partial charge in [-0.1, -0.05) is 48.5 Å². The number of rotatable bonds is 3. The first-order valence-electron chi connectivity index (χ1n) is 13.6. The summed E-state index contributed by atoms with van der Waals surface area (Å²) in [5.41, 5.74) is 8.23. The van der Waals surface area contributed by atoms with Gasteiger partial charge in [0.15, 0.2) is 17.3 Å². The monoisotopic (exact) mass is 550 g/mol. The van der Waals surface area contributed by atoms with Gasteiger partial charge in [-0.05, 0) is 74.2 Å².